The Morgan fingerprint density at radius 3 is 2.48 bits per heavy atom. The fraction of sp³-hybridized carbons (Fsp3) is 0.263. The Bertz CT molecular complexity index is 819. The number of amides is 3. The number of para-hydroxylation sites is 1. The van der Waals surface area contributed by atoms with Crippen molar-refractivity contribution in [1.82, 2.24) is 15.2 Å². The largest absolute Gasteiger partial charge is 0.378 e. The second-order valence-electron chi connectivity index (χ2n) is 5.94. The van der Waals surface area contributed by atoms with Crippen molar-refractivity contribution in [2.75, 3.05) is 31.6 Å². The number of rotatable bonds is 4. The SMILES string of the molecule is O=C(Nc1ccccc1C(=O)NCc1ccncc1)C(=O)N1CCOCC1. The third-order valence-corrected chi connectivity index (χ3v) is 4.11. The minimum absolute atomic E-state index is 0.287. The zero-order valence-electron chi connectivity index (χ0n) is 14.7. The van der Waals surface area contributed by atoms with Gasteiger partial charge in [0.15, 0.2) is 0 Å². The first kappa shape index (κ1) is 18.5. The highest BCUT2D eigenvalue weighted by molar-refractivity contribution is 6.39. The zero-order valence-corrected chi connectivity index (χ0v) is 14.7. The molecular formula is C19H20N4O4. The van der Waals surface area contributed by atoms with E-state index in [9.17, 15) is 14.4 Å². The Labute approximate surface area is 156 Å². The number of nitrogens with zero attached hydrogens (tertiary/aromatic N) is 2. The van der Waals surface area contributed by atoms with E-state index in [4.69, 9.17) is 4.74 Å². The Kier molecular flexibility index (Phi) is 6.11. The van der Waals surface area contributed by atoms with E-state index < -0.39 is 11.8 Å². The van der Waals surface area contributed by atoms with Crippen LogP contribution in [0.3, 0.4) is 0 Å². The third kappa shape index (κ3) is 4.89. The second-order valence-corrected chi connectivity index (χ2v) is 5.94. The predicted octanol–water partition coefficient (Wildman–Crippen LogP) is 0.809. The summed E-state index contributed by atoms with van der Waals surface area (Å²) >= 11 is 0. The number of anilines is 1. The first-order valence-electron chi connectivity index (χ1n) is 8.59. The molecule has 0 saturated carbocycles. The third-order valence-electron chi connectivity index (χ3n) is 4.11. The number of morpholine rings is 1. The van der Waals surface area contributed by atoms with Gasteiger partial charge in [0.1, 0.15) is 0 Å². The van der Waals surface area contributed by atoms with Crippen LogP contribution >= 0.6 is 0 Å². The number of hydrogen-bond acceptors (Lipinski definition) is 5. The summed E-state index contributed by atoms with van der Waals surface area (Å²) in [4.78, 5) is 42.4. The number of ether oxygens (including phenoxy) is 1. The molecule has 140 valence electrons. The molecule has 2 heterocycles. The average molecular weight is 368 g/mol. The lowest BCUT2D eigenvalue weighted by atomic mass is 10.1. The molecule has 3 rings (SSSR count). The highest BCUT2D eigenvalue weighted by Crippen LogP contribution is 2.15. The molecule has 27 heavy (non-hydrogen) atoms. The molecule has 1 aromatic heterocycles. The van der Waals surface area contributed by atoms with Crippen LogP contribution in [0, 0.1) is 0 Å². The molecule has 0 unspecified atom stereocenters. The number of carbonyl (C=O) groups is 3. The molecule has 8 nitrogen and oxygen atoms in total. The highest BCUT2D eigenvalue weighted by atomic mass is 16.5. The van der Waals surface area contributed by atoms with Crippen molar-refractivity contribution >= 4 is 23.4 Å². The van der Waals surface area contributed by atoms with Crippen LogP contribution in [0.1, 0.15) is 15.9 Å². The van der Waals surface area contributed by atoms with E-state index in [-0.39, 0.29) is 17.2 Å². The van der Waals surface area contributed by atoms with Crippen LogP contribution in [0.25, 0.3) is 0 Å². The molecule has 1 fully saturated rings. The van der Waals surface area contributed by atoms with E-state index >= 15 is 0 Å². The second kappa shape index (κ2) is 8.91. The van der Waals surface area contributed by atoms with E-state index in [0.29, 0.717) is 32.8 Å². The number of benzene rings is 1. The van der Waals surface area contributed by atoms with E-state index in [0.717, 1.165) is 5.56 Å². The summed E-state index contributed by atoms with van der Waals surface area (Å²) in [5, 5.41) is 5.34. The molecule has 3 amide bonds. The van der Waals surface area contributed by atoms with Crippen molar-refractivity contribution in [3.05, 3.63) is 59.9 Å². The van der Waals surface area contributed by atoms with Gasteiger partial charge in [-0.3, -0.25) is 19.4 Å². The topological polar surface area (TPSA) is 101 Å². The van der Waals surface area contributed by atoms with Gasteiger partial charge in [-0.25, -0.2) is 0 Å². The molecule has 1 saturated heterocycles. The van der Waals surface area contributed by atoms with Crippen molar-refractivity contribution < 1.29 is 19.1 Å². The Morgan fingerprint density at radius 2 is 1.74 bits per heavy atom. The van der Waals surface area contributed by atoms with Crippen LogP contribution in [-0.4, -0.2) is 53.9 Å². The highest BCUT2D eigenvalue weighted by Gasteiger charge is 2.24. The fourth-order valence-corrected chi connectivity index (χ4v) is 2.65. The van der Waals surface area contributed by atoms with Crippen LogP contribution in [0.15, 0.2) is 48.8 Å². The van der Waals surface area contributed by atoms with Crippen LogP contribution in [0.4, 0.5) is 5.69 Å². The maximum absolute atomic E-state index is 12.5. The molecule has 2 N–H and O–H groups in total. The molecule has 2 aromatic rings. The van der Waals surface area contributed by atoms with Gasteiger partial charge in [0.25, 0.3) is 5.91 Å². The van der Waals surface area contributed by atoms with Gasteiger partial charge < -0.3 is 20.3 Å². The van der Waals surface area contributed by atoms with Crippen LogP contribution in [0.2, 0.25) is 0 Å². The average Bonchev–Trinajstić information content (AvgIpc) is 2.73. The van der Waals surface area contributed by atoms with Gasteiger partial charge in [0.05, 0.1) is 24.5 Å². The van der Waals surface area contributed by atoms with Crippen molar-refractivity contribution in [3.63, 3.8) is 0 Å². The van der Waals surface area contributed by atoms with E-state index in [1.54, 1.807) is 48.8 Å². The van der Waals surface area contributed by atoms with E-state index in [2.05, 4.69) is 15.6 Å². The molecule has 0 atom stereocenters. The lowest BCUT2D eigenvalue weighted by Crippen LogP contribution is -2.46. The van der Waals surface area contributed by atoms with Crippen LogP contribution in [0.5, 0.6) is 0 Å². The first-order valence-corrected chi connectivity index (χ1v) is 8.59. The Morgan fingerprint density at radius 1 is 1.04 bits per heavy atom. The summed E-state index contributed by atoms with van der Waals surface area (Å²) in [7, 11) is 0. The zero-order chi connectivity index (χ0) is 19.1. The smallest absolute Gasteiger partial charge is 0.313 e. The van der Waals surface area contributed by atoms with Gasteiger partial charge in [0, 0.05) is 32.0 Å². The standard InChI is InChI=1S/C19H20N4O4/c24-17(21-13-14-5-7-20-8-6-14)15-3-1-2-4-16(15)22-18(25)19(26)23-9-11-27-12-10-23/h1-8H,9-13H2,(H,21,24)(H,22,25). The predicted molar refractivity (Wildman–Crippen MR) is 97.9 cm³/mol. The summed E-state index contributed by atoms with van der Waals surface area (Å²) in [6, 6.07) is 10.2. The molecule has 0 aliphatic carbocycles. The van der Waals surface area contributed by atoms with Gasteiger partial charge in [-0.2, -0.15) is 0 Å². The monoisotopic (exact) mass is 368 g/mol. The number of nitrogens with one attached hydrogen (secondary N) is 2. The number of aromatic nitrogens is 1. The Hall–Kier alpha value is -3.26. The fourth-order valence-electron chi connectivity index (χ4n) is 2.65. The molecule has 0 spiro atoms. The van der Waals surface area contributed by atoms with Crippen LogP contribution < -0.4 is 10.6 Å². The van der Waals surface area contributed by atoms with Crippen molar-refractivity contribution in [3.8, 4) is 0 Å². The summed E-state index contributed by atoms with van der Waals surface area (Å²) in [5.41, 5.74) is 1.48. The minimum atomic E-state index is -0.772. The maximum Gasteiger partial charge on any atom is 0.313 e. The first-order chi connectivity index (χ1) is 13.1. The number of hydrogen-bond donors (Lipinski definition) is 2. The van der Waals surface area contributed by atoms with Crippen LogP contribution in [-0.2, 0) is 20.9 Å². The number of carbonyl (C=O) groups excluding carboxylic acids is 3. The summed E-state index contributed by atoms with van der Waals surface area (Å²) < 4.78 is 5.18. The normalized spacial score (nSPS) is 13.7. The van der Waals surface area contributed by atoms with E-state index in [1.807, 2.05) is 0 Å². The molecule has 1 aliphatic heterocycles. The van der Waals surface area contributed by atoms with E-state index in [1.165, 1.54) is 4.90 Å². The molecule has 0 radical (unpaired) electrons. The Balaban J connectivity index is 1.65. The lowest BCUT2D eigenvalue weighted by Gasteiger charge is -2.26. The summed E-state index contributed by atoms with van der Waals surface area (Å²) in [5.74, 6) is -1.75. The summed E-state index contributed by atoms with van der Waals surface area (Å²) in [6.07, 6.45) is 3.29. The molecule has 8 heteroatoms. The van der Waals surface area contributed by atoms with Gasteiger partial charge in [-0.05, 0) is 29.8 Å². The molecule has 1 aromatic carbocycles. The van der Waals surface area contributed by atoms with Crippen molar-refractivity contribution in [1.29, 1.82) is 0 Å². The van der Waals surface area contributed by atoms with Crippen molar-refractivity contribution in [2.24, 2.45) is 0 Å². The maximum atomic E-state index is 12.5. The quantitative estimate of drug-likeness (QED) is 0.778. The molecule has 1 aliphatic rings. The molecular weight excluding hydrogens is 348 g/mol. The summed E-state index contributed by atoms with van der Waals surface area (Å²) in [6.45, 7) is 1.90. The van der Waals surface area contributed by atoms with Gasteiger partial charge >= 0.3 is 11.8 Å². The van der Waals surface area contributed by atoms with Crippen molar-refractivity contribution in [2.45, 2.75) is 6.54 Å². The van der Waals surface area contributed by atoms with Gasteiger partial charge in [-0.1, -0.05) is 12.1 Å². The lowest BCUT2D eigenvalue weighted by molar-refractivity contribution is -0.145. The molecule has 0 bridgehead atoms. The number of pyridine rings is 1. The van der Waals surface area contributed by atoms with Gasteiger partial charge in [0.2, 0.25) is 0 Å². The van der Waals surface area contributed by atoms with Gasteiger partial charge in [-0.15, -0.1) is 0 Å². The minimum Gasteiger partial charge on any atom is -0.378 e.